The summed E-state index contributed by atoms with van der Waals surface area (Å²) in [6.07, 6.45) is 0.422. The number of hydrogen-bond donors (Lipinski definition) is 0. The van der Waals surface area contributed by atoms with Gasteiger partial charge in [-0.25, -0.2) is 0 Å². The van der Waals surface area contributed by atoms with Gasteiger partial charge in [0.1, 0.15) is 0 Å². The number of carbonyl (C=O) groups is 1. The number of hydrogen-bond acceptors (Lipinski definition) is 4. The van der Waals surface area contributed by atoms with Gasteiger partial charge in [-0.05, 0) is 17.5 Å². The van der Waals surface area contributed by atoms with Gasteiger partial charge in [-0.15, -0.1) is 0 Å². The van der Waals surface area contributed by atoms with Gasteiger partial charge >= 0.3 is 0 Å². The van der Waals surface area contributed by atoms with Crippen LogP contribution in [0.25, 0.3) is 10.4 Å². The number of azide groups is 1. The molecular formula is C14H18N4O3. The molecule has 0 radical (unpaired) electrons. The third kappa shape index (κ3) is 3.38. The average Bonchev–Trinajstić information content (AvgIpc) is 2.85. The summed E-state index contributed by atoms with van der Waals surface area (Å²) in [6, 6.07) is 5.60. The number of carbonyl (C=O) groups excluding carboxylic acids is 1. The van der Waals surface area contributed by atoms with Crippen LogP contribution in [0, 0.1) is 5.92 Å². The Morgan fingerprint density at radius 3 is 2.90 bits per heavy atom. The molecule has 0 aromatic heterocycles. The number of likely N-dealkylation sites (tertiary alicyclic amines) is 1. The second-order valence-corrected chi connectivity index (χ2v) is 4.91. The van der Waals surface area contributed by atoms with Crippen LogP contribution >= 0.6 is 0 Å². The first-order chi connectivity index (χ1) is 10.2. The summed E-state index contributed by atoms with van der Waals surface area (Å²) < 4.78 is 10.6. The molecule has 21 heavy (non-hydrogen) atoms. The van der Waals surface area contributed by atoms with E-state index in [9.17, 15) is 4.79 Å². The van der Waals surface area contributed by atoms with Crippen LogP contribution in [0.1, 0.15) is 12.0 Å². The third-order valence-electron chi connectivity index (χ3n) is 3.54. The lowest BCUT2D eigenvalue weighted by Gasteiger charge is -2.19. The van der Waals surface area contributed by atoms with Gasteiger partial charge < -0.3 is 14.4 Å². The Balaban J connectivity index is 2.11. The molecule has 1 atom stereocenters. The minimum Gasteiger partial charge on any atom is -0.493 e. The summed E-state index contributed by atoms with van der Waals surface area (Å²) in [5.41, 5.74) is 9.25. The zero-order valence-corrected chi connectivity index (χ0v) is 12.2. The monoisotopic (exact) mass is 290 g/mol. The predicted octanol–water partition coefficient (Wildman–Crippen LogP) is 2.36. The number of ether oxygens (including phenoxy) is 2. The largest absolute Gasteiger partial charge is 0.493 e. The zero-order valence-electron chi connectivity index (χ0n) is 12.2. The molecule has 1 aromatic rings. The van der Waals surface area contributed by atoms with E-state index in [2.05, 4.69) is 10.0 Å². The van der Waals surface area contributed by atoms with E-state index in [0.717, 1.165) is 5.56 Å². The lowest BCUT2D eigenvalue weighted by molar-refractivity contribution is -0.128. The maximum absolute atomic E-state index is 12.0. The highest BCUT2D eigenvalue weighted by molar-refractivity contribution is 5.78. The van der Waals surface area contributed by atoms with Crippen molar-refractivity contribution < 1.29 is 14.3 Å². The molecule has 112 valence electrons. The van der Waals surface area contributed by atoms with Crippen LogP contribution in [0.2, 0.25) is 0 Å². The Labute approximate surface area is 123 Å². The summed E-state index contributed by atoms with van der Waals surface area (Å²) in [5, 5.41) is 3.55. The second kappa shape index (κ2) is 6.85. The fourth-order valence-electron chi connectivity index (χ4n) is 2.56. The van der Waals surface area contributed by atoms with Crippen LogP contribution in [0.3, 0.4) is 0 Å². The number of methoxy groups -OCH3 is 2. The normalized spacial score (nSPS) is 17.5. The van der Waals surface area contributed by atoms with Crippen LogP contribution in [-0.2, 0) is 11.3 Å². The Bertz CT molecular complexity index is 569. The van der Waals surface area contributed by atoms with Crippen LogP contribution in [-0.4, -0.2) is 38.1 Å². The molecule has 2 rings (SSSR count). The highest BCUT2D eigenvalue weighted by atomic mass is 16.5. The molecule has 1 saturated heterocycles. The average molecular weight is 290 g/mol. The highest BCUT2D eigenvalue weighted by Crippen LogP contribution is 2.32. The molecule has 7 nitrogen and oxygen atoms in total. The molecule has 0 spiro atoms. The van der Waals surface area contributed by atoms with Gasteiger partial charge in [0.25, 0.3) is 0 Å². The molecule has 1 aliphatic heterocycles. The maximum atomic E-state index is 12.0. The number of nitrogens with zero attached hydrogens (tertiary/aromatic N) is 4. The molecular weight excluding hydrogens is 272 g/mol. The van der Waals surface area contributed by atoms with Crippen molar-refractivity contribution in [3.05, 3.63) is 34.2 Å². The Morgan fingerprint density at radius 2 is 2.24 bits per heavy atom. The van der Waals surface area contributed by atoms with Crippen molar-refractivity contribution in [1.29, 1.82) is 0 Å². The van der Waals surface area contributed by atoms with E-state index in [1.165, 1.54) is 0 Å². The lowest BCUT2D eigenvalue weighted by Crippen LogP contribution is -2.25. The van der Waals surface area contributed by atoms with Gasteiger partial charge in [0.15, 0.2) is 11.5 Å². The van der Waals surface area contributed by atoms with Gasteiger partial charge in [0.2, 0.25) is 5.91 Å². The Morgan fingerprint density at radius 1 is 1.43 bits per heavy atom. The van der Waals surface area contributed by atoms with E-state index in [1.54, 1.807) is 19.1 Å². The fourth-order valence-corrected chi connectivity index (χ4v) is 2.56. The first-order valence-electron chi connectivity index (χ1n) is 6.68. The van der Waals surface area contributed by atoms with Gasteiger partial charge in [-0.2, -0.15) is 0 Å². The van der Waals surface area contributed by atoms with Crippen LogP contribution in [0.5, 0.6) is 11.5 Å². The van der Waals surface area contributed by atoms with Crippen LogP contribution in [0.15, 0.2) is 23.3 Å². The van der Waals surface area contributed by atoms with Crippen molar-refractivity contribution in [2.75, 3.05) is 27.3 Å². The van der Waals surface area contributed by atoms with Crippen molar-refractivity contribution in [3.8, 4) is 11.5 Å². The van der Waals surface area contributed by atoms with Crippen LogP contribution in [0.4, 0.5) is 0 Å². The summed E-state index contributed by atoms with van der Waals surface area (Å²) in [6.45, 7) is 1.41. The van der Waals surface area contributed by atoms with Gasteiger partial charge in [0, 0.05) is 36.5 Å². The second-order valence-electron chi connectivity index (χ2n) is 4.91. The van der Waals surface area contributed by atoms with E-state index < -0.39 is 0 Å². The topological polar surface area (TPSA) is 87.5 Å². The number of benzene rings is 1. The Hall–Kier alpha value is -2.40. The van der Waals surface area contributed by atoms with Gasteiger partial charge in [-0.1, -0.05) is 17.2 Å². The molecule has 1 heterocycles. The molecule has 0 saturated carbocycles. The number of amides is 1. The van der Waals surface area contributed by atoms with Gasteiger partial charge in [0.05, 0.1) is 14.2 Å². The molecule has 1 aromatic carbocycles. The zero-order chi connectivity index (χ0) is 15.2. The molecule has 0 aliphatic carbocycles. The summed E-state index contributed by atoms with van der Waals surface area (Å²) in [5.74, 6) is 1.45. The smallest absolute Gasteiger partial charge is 0.223 e. The SMILES string of the molecule is COc1cccc(CN2CC(CN=[N+]=[N-])CC2=O)c1OC. The van der Waals surface area contributed by atoms with Crippen molar-refractivity contribution >= 4 is 5.91 Å². The minimum atomic E-state index is 0.0676. The highest BCUT2D eigenvalue weighted by Gasteiger charge is 2.29. The summed E-state index contributed by atoms with van der Waals surface area (Å²) >= 11 is 0. The molecule has 1 aliphatic rings. The Kier molecular flexibility index (Phi) is 4.90. The number of para-hydroxylation sites is 1. The quantitative estimate of drug-likeness (QED) is 0.457. The van der Waals surface area contributed by atoms with Crippen LogP contribution < -0.4 is 9.47 Å². The minimum absolute atomic E-state index is 0.0676. The first kappa shape index (κ1) is 15.0. The van der Waals surface area contributed by atoms with E-state index in [0.29, 0.717) is 37.6 Å². The number of rotatable bonds is 6. The summed E-state index contributed by atoms with van der Waals surface area (Å²) in [4.78, 5) is 16.5. The van der Waals surface area contributed by atoms with E-state index >= 15 is 0 Å². The fraction of sp³-hybridized carbons (Fsp3) is 0.500. The molecule has 0 bridgehead atoms. The van der Waals surface area contributed by atoms with E-state index in [1.807, 2.05) is 18.2 Å². The first-order valence-corrected chi connectivity index (χ1v) is 6.68. The molecule has 7 heteroatoms. The molecule has 1 unspecified atom stereocenters. The third-order valence-corrected chi connectivity index (χ3v) is 3.54. The van der Waals surface area contributed by atoms with Gasteiger partial charge in [-0.3, -0.25) is 4.79 Å². The van der Waals surface area contributed by atoms with Crippen molar-refractivity contribution in [2.24, 2.45) is 11.0 Å². The maximum Gasteiger partial charge on any atom is 0.223 e. The van der Waals surface area contributed by atoms with E-state index in [4.69, 9.17) is 15.0 Å². The van der Waals surface area contributed by atoms with E-state index in [-0.39, 0.29) is 11.8 Å². The summed E-state index contributed by atoms with van der Waals surface area (Å²) in [7, 11) is 3.16. The molecule has 0 N–H and O–H groups in total. The standard InChI is InChI=1S/C14H18N4O3/c1-20-12-5-3-4-11(14(12)21-2)9-18-8-10(6-13(18)19)7-16-17-15/h3-5,10H,6-9H2,1-2H3. The van der Waals surface area contributed by atoms with Crippen molar-refractivity contribution in [3.63, 3.8) is 0 Å². The molecule has 1 amide bonds. The van der Waals surface area contributed by atoms with Crippen molar-refractivity contribution in [1.82, 2.24) is 4.90 Å². The lowest BCUT2D eigenvalue weighted by atomic mass is 10.1. The molecule has 1 fully saturated rings. The van der Waals surface area contributed by atoms with Crippen molar-refractivity contribution in [2.45, 2.75) is 13.0 Å². The predicted molar refractivity (Wildman–Crippen MR) is 77.1 cm³/mol.